The summed E-state index contributed by atoms with van der Waals surface area (Å²) in [4.78, 5) is 23.9. The molecule has 0 aliphatic rings. The van der Waals surface area contributed by atoms with Crippen LogP contribution in [0.2, 0.25) is 0 Å². The number of ether oxygens (including phenoxy) is 2. The summed E-state index contributed by atoms with van der Waals surface area (Å²) in [7, 11) is 0. The second-order valence-corrected chi connectivity index (χ2v) is 9.51. The Labute approximate surface area is 198 Å². The molecule has 2 rings (SSSR count). The van der Waals surface area contributed by atoms with Crippen molar-refractivity contribution in [2.24, 2.45) is 0 Å². The van der Waals surface area contributed by atoms with Gasteiger partial charge in [0.2, 0.25) is 0 Å². The standard InChI is InChI=1S/C27H38N2O4/c1-7-26(3,4)20-10-14-22(15-11-20)32-24(30)28-18-9-19-29-25(31)33-23-16-12-21(13-17-23)27(5,6)8-2/h10-17H,7-9,18-19H2,1-6H3,(H,28,30)(H,29,31). The van der Waals surface area contributed by atoms with Crippen molar-refractivity contribution >= 4 is 12.2 Å². The minimum Gasteiger partial charge on any atom is -0.410 e. The fraction of sp³-hybridized carbons (Fsp3) is 0.481. The van der Waals surface area contributed by atoms with Crippen LogP contribution in [0.15, 0.2) is 48.5 Å². The first-order valence-corrected chi connectivity index (χ1v) is 11.7. The van der Waals surface area contributed by atoms with E-state index in [0.717, 1.165) is 12.8 Å². The van der Waals surface area contributed by atoms with Gasteiger partial charge in [-0.2, -0.15) is 0 Å². The second-order valence-electron chi connectivity index (χ2n) is 9.51. The molecule has 2 aromatic rings. The molecule has 180 valence electrons. The molecule has 0 saturated carbocycles. The molecule has 2 amide bonds. The number of carbonyl (C=O) groups excluding carboxylic acids is 2. The quantitative estimate of drug-likeness (QED) is 0.411. The normalized spacial score (nSPS) is 11.6. The highest BCUT2D eigenvalue weighted by Crippen LogP contribution is 2.29. The molecule has 0 aliphatic heterocycles. The first-order valence-electron chi connectivity index (χ1n) is 11.7. The highest BCUT2D eigenvalue weighted by atomic mass is 16.6. The molecule has 6 nitrogen and oxygen atoms in total. The van der Waals surface area contributed by atoms with Gasteiger partial charge in [-0.15, -0.1) is 0 Å². The summed E-state index contributed by atoms with van der Waals surface area (Å²) in [6.07, 6.45) is 1.57. The zero-order valence-electron chi connectivity index (χ0n) is 20.8. The summed E-state index contributed by atoms with van der Waals surface area (Å²) < 4.78 is 10.6. The van der Waals surface area contributed by atoms with Crippen molar-refractivity contribution in [2.45, 2.75) is 71.6 Å². The van der Waals surface area contributed by atoms with Crippen molar-refractivity contribution in [3.63, 3.8) is 0 Å². The third kappa shape index (κ3) is 8.12. The van der Waals surface area contributed by atoms with E-state index in [1.165, 1.54) is 11.1 Å². The Morgan fingerprint density at radius 2 is 1.00 bits per heavy atom. The highest BCUT2D eigenvalue weighted by molar-refractivity contribution is 5.71. The van der Waals surface area contributed by atoms with Gasteiger partial charge in [-0.25, -0.2) is 9.59 Å². The van der Waals surface area contributed by atoms with E-state index in [1.807, 2.05) is 24.3 Å². The first-order chi connectivity index (χ1) is 15.6. The molecule has 0 aromatic heterocycles. The molecule has 0 radical (unpaired) electrons. The fourth-order valence-corrected chi connectivity index (χ4v) is 3.11. The van der Waals surface area contributed by atoms with Gasteiger partial charge in [-0.3, -0.25) is 0 Å². The number of hydrogen-bond donors (Lipinski definition) is 2. The van der Waals surface area contributed by atoms with Crippen molar-refractivity contribution in [3.05, 3.63) is 59.7 Å². The van der Waals surface area contributed by atoms with Gasteiger partial charge in [-0.1, -0.05) is 65.8 Å². The van der Waals surface area contributed by atoms with Gasteiger partial charge in [-0.05, 0) is 65.5 Å². The van der Waals surface area contributed by atoms with Crippen LogP contribution >= 0.6 is 0 Å². The smallest absolute Gasteiger partial charge is 0.410 e. The Balaban J connectivity index is 1.65. The zero-order chi connectivity index (χ0) is 24.5. The molecule has 2 aromatic carbocycles. The number of hydrogen-bond acceptors (Lipinski definition) is 4. The van der Waals surface area contributed by atoms with Crippen LogP contribution in [0.4, 0.5) is 9.59 Å². The molecule has 0 atom stereocenters. The van der Waals surface area contributed by atoms with E-state index in [-0.39, 0.29) is 10.8 Å². The van der Waals surface area contributed by atoms with Crippen LogP contribution in [0, 0.1) is 0 Å². The van der Waals surface area contributed by atoms with Crippen LogP contribution in [-0.4, -0.2) is 25.3 Å². The van der Waals surface area contributed by atoms with Crippen LogP contribution in [0.3, 0.4) is 0 Å². The largest absolute Gasteiger partial charge is 0.412 e. The average Bonchev–Trinajstić information content (AvgIpc) is 2.79. The van der Waals surface area contributed by atoms with Crippen LogP contribution in [0.5, 0.6) is 11.5 Å². The van der Waals surface area contributed by atoms with Crippen molar-refractivity contribution in [1.29, 1.82) is 0 Å². The van der Waals surface area contributed by atoms with Crippen molar-refractivity contribution < 1.29 is 19.1 Å². The molecule has 2 N–H and O–H groups in total. The second kappa shape index (κ2) is 11.7. The topological polar surface area (TPSA) is 76.7 Å². The molecule has 0 spiro atoms. The predicted octanol–water partition coefficient (Wildman–Crippen LogP) is 6.33. The highest BCUT2D eigenvalue weighted by Gasteiger charge is 2.19. The lowest BCUT2D eigenvalue weighted by molar-refractivity contribution is 0.199. The average molecular weight is 455 g/mol. The number of rotatable bonds is 10. The molecule has 0 saturated heterocycles. The first kappa shape index (κ1) is 26.2. The summed E-state index contributed by atoms with van der Waals surface area (Å²) in [6.45, 7) is 13.8. The Morgan fingerprint density at radius 3 is 1.30 bits per heavy atom. The van der Waals surface area contributed by atoms with E-state index in [1.54, 1.807) is 24.3 Å². The monoisotopic (exact) mass is 454 g/mol. The van der Waals surface area contributed by atoms with E-state index in [0.29, 0.717) is 31.0 Å². The van der Waals surface area contributed by atoms with Gasteiger partial charge in [0, 0.05) is 13.1 Å². The van der Waals surface area contributed by atoms with Gasteiger partial charge >= 0.3 is 12.2 Å². The van der Waals surface area contributed by atoms with Crippen LogP contribution in [-0.2, 0) is 10.8 Å². The van der Waals surface area contributed by atoms with Gasteiger partial charge in [0.15, 0.2) is 0 Å². The van der Waals surface area contributed by atoms with Gasteiger partial charge in [0.25, 0.3) is 0 Å². The number of benzene rings is 2. The molecule has 0 fully saturated rings. The van der Waals surface area contributed by atoms with Gasteiger partial charge in [0.05, 0.1) is 0 Å². The fourth-order valence-electron chi connectivity index (χ4n) is 3.11. The summed E-state index contributed by atoms with van der Waals surface area (Å²) >= 11 is 0. The lowest BCUT2D eigenvalue weighted by atomic mass is 9.82. The van der Waals surface area contributed by atoms with Crippen molar-refractivity contribution in [3.8, 4) is 11.5 Å². The molecule has 0 heterocycles. The molecule has 33 heavy (non-hydrogen) atoms. The van der Waals surface area contributed by atoms with E-state index >= 15 is 0 Å². The molecular weight excluding hydrogens is 416 g/mol. The van der Waals surface area contributed by atoms with E-state index in [9.17, 15) is 9.59 Å². The number of amides is 2. The van der Waals surface area contributed by atoms with Gasteiger partial charge in [0.1, 0.15) is 11.5 Å². The summed E-state index contributed by atoms with van der Waals surface area (Å²) in [5, 5.41) is 5.37. The van der Waals surface area contributed by atoms with Crippen LogP contribution in [0.1, 0.15) is 71.9 Å². The molecule has 0 unspecified atom stereocenters. The van der Waals surface area contributed by atoms with Crippen molar-refractivity contribution in [2.75, 3.05) is 13.1 Å². The Morgan fingerprint density at radius 1 is 0.667 bits per heavy atom. The van der Waals surface area contributed by atoms with Crippen molar-refractivity contribution in [1.82, 2.24) is 10.6 Å². The minimum atomic E-state index is -0.518. The number of carbonyl (C=O) groups is 2. The zero-order valence-corrected chi connectivity index (χ0v) is 20.8. The maximum atomic E-state index is 12.0. The Bertz CT molecular complexity index is 827. The van der Waals surface area contributed by atoms with Crippen LogP contribution in [0.25, 0.3) is 0 Å². The Kier molecular flexibility index (Phi) is 9.32. The lowest BCUT2D eigenvalue weighted by Crippen LogP contribution is -2.32. The van der Waals surface area contributed by atoms with Gasteiger partial charge < -0.3 is 20.1 Å². The van der Waals surface area contributed by atoms with E-state index < -0.39 is 12.2 Å². The lowest BCUT2D eigenvalue weighted by Gasteiger charge is -2.23. The SMILES string of the molecule is CCC(C)(C)c1ccc(OC(=O)NCCCNC(=O)Oc2ccc(C(C)(C)CC)cc2)cc1. The Hall–Kier alpha value is -3.02. The summed E-state index contributed by atoms with van der Waals surface area (Å²) in [5.41, 5.74) is 2.59. The molecule has 0 bridgehead atoms. The maximum absolute atomic E-state index is 12.0. The molecule has 0 aliphatic carbocycles. The van der Waals surface area contributed by atoms with E-state index in [2.05, 4.69) is 52.2 Å². The maximum Gasteiger partial charge on any atom is 0.412 e. The third-order valence-corrected chi connectivity index (χ3v) is 6.35. The third-order valence-electron chi connectivity index (χ3n) is 6.35. The molecular formula is C27H38N2O4. The predicted molar refractivity (Wildman–Crippen MR) is 132 cm³/mol. The minimum absolute atomic E-state index is 0.0877. The number of nitrogens with one attached hydrogen (secondary N) is 2. The molecule has 6 heteroatoms. The summed E-state index contributed by atoms with van der Waals surface area (Å²) in [6, 6.07) is 15.2. The van der Waals surface area contributed by atoms with E-state index in [4.69, 9.17) is 9.47 Å². The summed E-state index contributed by atoms with van der Waals surface area (Å²) in [5.74, 6) is 0.997. The van der Waals surface area contributed by atoms with Crippen LogP contribution < -0.4 is 20.1 Å².